The van der Waals surface area contributed by atoms with E-state index in [0.717, 1.165) is 17.0 Å². The summed E-state index contributed by atoms with van der Waals surface area (Å²) in [6.07, 6.45) is 5.65. The Kier molecular flexibility index (Phi) is 10.2. The van der Waals surface area contributed by atoms with Gasteiger partial charge in [0.05, 0.1) is 9.77 Å². The van der Waals surface area contributed by atoms with Crippen molar-refractivity contribution < 1.29 is 17.8 Å². The standard InChI is InChI=1S/C28H39NOS.C7H8O3S/c1-18(2)21-8-11-23-22(16-21)9-12-25-24(23)10-7-20(4)28(25,5)29(6)14-13-26(30)27-15-19(3)17-31-27;1-6-2-4-7(5-3-6)11(8,9)10/h8,11,15-18,20,24-25H,7,9-10,12-14H2,1-6H3;2-5H,1H3,(H,8,9,10). The molecule has 4 atom stereocenters. The number of thiophene rings is 1. The van der Waals surface area contributed by atoms with Crippen molar-refractivity contribution in [2.75, 3.05) is 13.6 Å². The Labute approximate surface area is 257 Å². The third kappa shape index (κ3) is 7.07. The normalized spacial score (nSPS) is 23.6. The Hall–Kier alpha value is -2.32. The quantitative estimate of drug-likeness (QED) is 0.215. The Morgan fingerprint density at radius 1 is 1.05 bits per heavy atom. The van der Waals surface area contributed by atoms with Crippen molar-refractivity contribution >= 4 is 27.2 Å². The van der Waals surface area contributed by atoms with Crippen LogP contribution in [-0.4, -0.2) is 42.8 Å². The van der Waals surface area contributed by atoms with Gasteiger partial charge >= 0.3 is 0 Å². The Bertz CT molecular complexity index is 1490. The van der Waals surface area contributed by atoms with Crippen molar-refractivity contribution in [3.05, 3.63) is 86.6 Å². The smallest absolute Gasteiger partial charge is 0.294 e. The van der Waals surface area contributed by atoms with Crippen LogP contribution in [0.1, 0.15) is 103 Å². The summed E-state index contributed by atoms with van der Waals surface area (Å²) in [5.41, 5.74) is 6.97. The lowest BCUT2D eigenvalue weighted by Gasteiger charge is -2.57. The number of carbonyl (C=O) groups excluding carboxylic acids is 1. The lowest BCUT2D eigenvalue weighted by atomic mass is 9.56. The van der Waals surface area contributed by atoms with Gasteiger partial charge in [0.15, 0.2) is 5.78 Å². The third-order valence-corrected chi connectivity index (χ3v) is 11.9. The molecule has 228 valence electrons. The van der Waals surface area contributed by atoms with E-state index in [-0.39, 0.29) is 10.4 Å². The number of ketones is 1. The first-order valence-electron chi connectivity index (χ1n) is 15.2. The highest BCUT2D eigenvalue weighted by atomic mass is 32.2. The SMILES string of the molecule is Cc1ccc(S(=O)(=O)O)cc1.Cc1csc(C(=O)CCN(C)C2(C)C(C)CCC3c4ccc(C(C)C)cc4CCC32)c1. The van der Waals surface area contributed by atoms with Gasteiger partial charge in [-0.3, -0.25) is 14.2 Å². The monoisotopic (exact) mass is 609 g/mol. The molecule has 4 unspecified atom stereocenters. The van der Waals surface area contributed by atoms with Crippen LogP contribution in [0.4, 0.5) is 0 Å². The highest BCUT2D eigenvalue weighted by Crippen LogP contribution is 2.53. The minimum Gasteiger partial charge on any atom is -0.300 e. The number of hydrogen-bond donors (Lipinski definition) is 1. The summed E-state index contributed by atoms with van der Waals surface area (Å²) < 4.78 is 29.6. The Morgan fingerprint density at radius 2 is 1.74 bits per heavy atom. The summed E-state index contributed by atoms with van der Waals surface area (Å²) in [5, 5.41) is 2.08. The zero-order chi connectivity index (χ0) is 30.8. The summed E-state index contributed by atoms with van der Waals surface area (Å²) >= 11 is 1.59. The van der Waals surface area contributed by atoms with Gasteiger partial charge < -0.3 is 0 Å². The van der Waals surface area contributed by atoms with E-state index in [2.05, 4.69) is 70.1 Å². The lowest BCUT2D eigenvalue weighted by Crippen LogP contribution is -2.59. The summed E-state index contributed by atoms with van der Waals surface area (Å²) in [4.78, 5) is 16.1. The molecule has 1 heterocycles. The fraction of sp³-hybridized carbons (Fsp3) is 0.514. The Balaban J connectivity index is 0.000000310. The molecule has 1 fully saturated rings. The van der Waals surface area contributed by atoms with Crippen LogP contribution >= 0.6 is 11.3 Å². The summed E-state index contributed by atoms with van der Waals surface area (Å²) in [6, 6.07) is 15.3. The van der Waals surface area contributed by atoms with Crippen LogP contribution in [0.5, 0.6) is 0 Å². The van der Waals surface area contributed by atoms with Crippen LogP contribution in [0.25, 0.3) is 0 Å². The number of Topliss-reactive ketones (excluding diaryl/α,β-unsaturated/α-hetero) is 1. The second-order valence-corrected chi connectivity index (χ2v) is 15.3. The first kappa shape index (κ1) is 32.6. The maximum absolute atomic E-state index is 12.7. The molecule has 2 aromatic carbocycles. The molecule has 1 saturated carbocycles. The minimum absolute atomic E-state index is 0.0666. The number of nitrogens with zero attached hydrogens (tertiary/aromatic N) is 1. The van der Waals surface area contributed by atoms with Crippen molar-refractivity contribution in [3.8, 4) is 0 Å². The van der Waals surface area contributed by atoms with Crippen LogP contribution in [-0.2, 0) is 16.5 Å². The molecular weight excluding hydrogens is 563 g/mol. The molecule has 0 amide bonds. The number of aryl methyl sites for hydroxylation is 3. The predicted octanol–water partition coefficient (Wildman–Crippen LogP) is 8.46. The van der Waals surface area contributed by atoms with E-state index in [1.165, 1.54) is 48.9 Å². The van der Waals surface area contributed by atoms with Gasteiger partial charge in [-0.25, -0.2) is 0 Å². The van der Waals surface area contributed by atoms with Gasteiger partial charge in [0, 0.05) is 18.5 Å². The zero-order valence-electron chi connectivity index (χ0n) is 26.2. The number of hydrogen-bond acceptors (Lipinski definition) is 5. The molecule has 2 aliphatic carbocycles. The van der Waals surface area contributed by atoms with Crippen molar-refractivity contribution in [2.45, 2.75) is 95.9 Å². The average Bonchev–Trinajstić information content (AvgIpc) is 3.39. The number of rotatable bonds is 7. The second kappa shape index (κ2) is 13.1. The van der Waals surface area contributed by atoms with E-state index >= 15 is 0 Å². The van der Waals surface area contributed by atoms with Gasteiger partial charge in [-0.2, -0.15) is 8.42 Å². The van der Waals surface area contributed by atoms with Crippen LogP contribution < -0.4 is 0 Å². The summed E-state index contributed by atoms with van der Waals surface area (Å²) in [7, 11) is -1.75. The molecule has 0 saturated heterocycles. The molecular formula is C35H47NO4S2. The van der Waals surface area contributed by atoms with Gasteiger partial charge in [0.1, 0.15) is 0 Å². The van der Waals surface area contributed by atoms with Gasteiger partial charge in [0.2, 0.25) is 0 Å². The molecule has 42 heavy (non-hydrogen) atoms. The number of benzene rings is 2. The van der Waals surface area contributed by atoms with Crippen LogP contribution in [0.2, 0.25) is 0 Å². The second-order valence-electron chi connectivity index (χ2n) is 12.9. The molecule has 1 N–H and O–H groups in total. The molecule has 0 radical (unpaired) electrons. The van der Waals surface area contributed by atoms with Crippen molar-refractivity contribution in [3.63, 3.8) is 0 Å². The Morgan fingerprint density at radius 3 is 2.33 bits per heavy atom. The average molecular weight is 610 g/mol. The van der Waals surface area contributed by atoms with E-state index in [9.17, 15) is 13.2 Å². The van der Waals surface area contributed by atoms with Gasteiger partial charge in [-0.05, 0) is 123 Å². The van der Waals surface area contributed by atoms with Crippen LogP contribution in [0, 0.1) is 25.7 Å². The largest absolute Gasteiger partial charge is 0.300 e. The van der Waals surface area contributed by atoms with E-state index < -0.39 is 10.1 Å². The lowest BCUT2D eigenvalue weighted by molar-refractivity contribution is -0.0284. The minimum atomic E-state index is -4.02. The third-order valence-electron chi connectivity index (χ3n) is 9.92. The fourth-order valence-corrected chi connectivity index (χ4v) is 8.36. The van der Waals surface area contributed by atoms with Crippen molar-refractivity contribution in [2.24, 2.45) is 11.8 Å². The first-order chi connectivity index (χ1) is 19.7. The predicted molar refractivity (Wildman–Crippen MR) is 174 cm³/mol. The van der Waals surface area contributed by atoms with E-state index in [1.807, 2.05) is 13.0 Å². The molecule has 5 nitrogen and oxygen atoms in total. The highest BCUT2D eigenvalue weighted by Gasteiger charge is 2.50. The van der Waals surface area contributed by atoms with Crippen molar-refractivity contribution in [1.29, 1.82) is 0 Å². The fourth-order valence-electron chi connectivity index (χ4n) is 7.02. The molecule has 0 aliphatic heterocycles. The van der Waals surface area contributed by atoms with Crippen LogP contribution in [0.15, 0.2) is 58.8 Å². The van der Waals surface area contributed by atoms with Gasteiger partial charge in [-0.1, -0.05) is 56.7 Å². The van der Waals surface area contributed by atoms with Gasteiger partial charge in [0.25, 0.3) is 10.1 Å². The molecule has 1 aromatic heterocycles. The number of carbonyl (C=O) groups is 1. The zero-order valence-corrected chi connectivity index (χ0v) is 27.8. The van der Waals surface area contributed by atoms with E-state index in [0.29, 0.717) is 35.9 Å². The molecule has 0 bridgehead atoms. The van der Waals surface area contributed by atoms with Crippen molar-refractivity contribution in [1.82, 2.24) is 4.90 Å². The highest BCUT2D eigenvalue weighted by molar-refractivity contribution is 7.85. The molecule has 7 heteroatoms. The molecule has 5 rings (SSSR count). The molecule has 2 aliphatic rings. The number of fused-ring (bicyclic) bond motifs is 3. The van der Waals surface area contributed by atoms with Gasteiger partial charge in [-0.15, -0.1) is 11.3 Å². The topological polar surface area (TPSA) is 74.7 Å². The maximum atomic E-state index is 12.7. The van der Waals surface area contributed by atoms with Crippen LogP contribution in [0.3, 0.4) is 0 Å². The molecule has 0 spiro atoms. The summed E-state index contributed by atoms with van der Waals surface area (Å²) in [6.45, 7) is 14.3. The first-order valence-corrected chi connectivity index (χ1v) is 17.5. The maximum Gasteiger partial charge on any atom is 0.294 e. The van der Waals surface area contributed by atoms with E-state index in [1.54, 1.807) is 34.6 Å². The van der Waals surface area contributed by atoms with E-state index in [4.69, 9.17) is 4.55 Å². The molecule has 3 aromatic rings. The summed E-state index contributed by atoms with van der Waals surface area (Å²) in [5.74, 6) is 2.86.